The lowest BCUT2D eigenvalue weighted by molar-refractivity contribution is -0.158. The van der Waals surface area contributed by atoms with Crippen LogP contribution in [0, 0.1) is 0 Å². The van der Waals surface area contributed by atoms with E-state index in [9.17, 15) is 14.4 Å². The highest BCUT2D eigenvalue weighted by Crippen LogP contribution is 2.10. The Balaban J connectivity index is 3.73. The molecule has 0 aromatic heterocycles. The van der Waals surface area contributed by atoms with Gasteiger partial charge in [-0.15, -0.1) is 0 Å². The molecule has 0 saturated carbocycles. The van der Waals surface area contributed by atoms with Crippen LogP contribution in [0.5, 0.6) is 0 Å². The van der Waals surface area contributed by atoms with Crippen molar-refractivity contribution in [1.29, 1.82) is 0 Å². The molecule has 1 unspecified atom stereocenters. The van der Waals surface area contributed by atoms with E-state index in [0.717, 1.165) is 0 Å². The van der Waals surface area contributed by atoms with Crippen LogP contribution in [0.2, 0.25) is 0 Å². The molecule has 1 atom stereocenters. The molecule has 0 spiro atoms. The normalized spacial score (nSPS) is 13.0. The summed E-state index contributed by atoms with van der Waals surface area (Å²) in [5.74, 6) is -0.823. The van der Waals surface area contributed by atoms with Gasteiger partial charge >= 0.3 is 11.9 Å². The van der Waals surface area contributed by atoms with E-state index in [1.165, 1.54) is 6.92 Å². The fourth-order valence-electron chi connectivity index (χ4n) is 2.29. The Hall–Kier alpha value is -1.55. The van der Waals surface area contributed by atoms with Crippen molar-refractivity contribution in [2.75, 3.05) is 46.2 Å². The van der Waals surface area contributed by atoms with Crippen LogP contribution in [-0.4, -0.2) is 81.2 Å². The predicted octanol–water partition coefficient (Wildman–Crippen LogP) is 2.05. The lowest BCUT2D eigenvalue weighted by Crippen LogP contribution is -2.43. The van der Waals surface area contributed by atoms with Crippen molar-refractivity contribution in [3.05, 3.63) is 0 Å². The van der Waals surface area contributed by atoms with Crippen LogP contribution in [0.1, 0.15) is 61.3 Å². The van der Waals surface area contributed by atoms with E-state index in [4.69, 9.17) is 23.7 Å². The number of hydrogen-bond donors (Lipinski definition) is 1. The van der Waals surface area contributed by atoms with Gasteiger partial charge in [-0.1, -0.05) is 0 Å². The summed E-state index contributed by atoms with van der Waals surface area (Å²) in [5, 5.41) is 3.00. The van der Waals surface area contributed by atoms with Gasteiger partial charge in [-0.2, -0.15) is 0 Å². The van der Waals surface area contributed by atoms with Gasteiger partial charge in [-0.05, 0) is 48.5 Å². The van der Waals surface area contributed by atoms with E-state index in [1.54, 1.807) is 20.8 Å². The predicted molar refractivity (Wildman–Crippen MR) is 116 cm³/mol. The number of carbonyl (C=O) groups is 3. The van der Waals surface area contributed by atoms with Gasteiger partial charge in [0.1, 0.15) is 23.0 Å². The summed E-state index contributed by atoms with van der Waals surface area (Å²) >= 11 is 0. The molecule has 0 rings (SSSR count). The highest BCUT2D eigenvalue weighted by molar-refractivity contribution is 5.85. The molecular formula is C22H41NO8. The van der Waals surface area contributed by atoms with Crippen molar-refractivity contribution in [3.63, 3.8) is 0 Å². The maximum atomic E-state index is 12.2. The maximum absolute atomic E-state index is 12.2. The molecule has 1 N–H and O–H groups in total. The van der Waals surface area contributed by atoms with E-state index in [2.05, 4.69) is 5.32 Å². The summed E-state index contributed by atoms with van der Waals surface area (Å²) in [4.78, 5) is 35.1. The van der Waals surface area contributed by atoms with Gasteiger partial charge in [0.05, 0.1) is 46.1 Å². The Morgan fingerprint density at radius 3 is 1.71 bits per heavy atom. The highest BCUT2D eigenvalue weighted by atomic mass is 16.6. The molecule has 0 radical (unpaired) electrons. The largest absolute Gasteiger partial charge is 0.460 e. The Morgan fingerprint density at radius 2 is 1.23 bits per heavy atom. The van der Waals surface area contributed by atoms with Crippen LogP contribution in [0.3, 0.4) is 0 Å². The second-order valence-corrected chi connectivity index (χ2v) is 9.12. The van der Waals surface area contributed by atoms with Crippen LogP contribution in [0.4, 0.5) is 0 Å². The SMILES string of the molecule is CC(=O)CC(NCCOCCOCCOCCC(=O)OC(C)(C)C)C(=O)OC(C)(C)C. The third-order valence-corrected chi connectivity index (χ3v) is 3.43. The minimum Gasteiger partial charge on any atom is -0.460 e. The zero-order chi connectivity index (χ0) is 23.9. The molecule has 0 aromatic carbocycles. The van der Waals surface area contributed by atoms with E-state index >= 15 is 0 Å². The number of carbonyl (C=O) groups excluding carboxylic acids is 3. The first-order valence-corrected chi connectivity index (χ1v) is 10.7. The zero-order valence-electron chi connectivity index (χ0n) is 20.2. The number of ketones is 1. The van der Waals surface area contributed by atoms with Gasteiger partial charge in [0, 0.05) is 13.0 Å². The highest BCUT2D eigenvalue weighted by Gasteiger charge is 2.25. The first-order valence-electron chi connectivity index (χ1n) is 10.7. The molecule has 0 aliphatic carbocycles. The van der Waals surface area contributed by atoms with Crippen molar-refractivity contribution in [3.8, 4) is 0 Å². The number of ether oxygens (including phenoxy) is 5. The molecule has 0 heterocycles. The number of Topliss-reactive ketones (excluding diaryl/α,β-unsaturated/α-hetero) is 1. The Labute approximate surface area is 186 Å². The fourth-order valence-corrected chi connectivity index (χ4v) is 2.29. The van der Waals surface area contributed by atoms with Crippen molar-refractivity contribution in [1.82, 2.24) is 5.32 Å². The third-order valence-electron chi connectivity index (χ3n) is 3.43. The summed E-state index contributed by atoms with van der Waals surface area (Å²) in [7, 11) is 0. The van der Waals surface area contributed by atoms with Crippen LogP contribution in [0.25, 0.3) is 0 Å². The van der Waals surface area contributed by atoms with Crippen molar-refractivity contribution in [2.45, 2.75) is 78.6 Å². The zero-order valence-corrected chi connectivity index (χ0v) is 20.2. The summed E-state index contributed by atoms with van der Waals surface area (Å²) in [6, 6.07) is -0.686. The monoisotopic (exact) mass is 447 g/mol. The van der Waals surface area contributed by atoms with Gasteiger partial charge in [-0.3, -0.25) is 14.4 Å². The molecule has 0 aliphatic heterocycles. The molecule has 0 saturated heterocycles. The van der Waals surface area contributed by atoms with Gasteiger partial charge < -0.3 is 29.0 Å². The lowest BCUT2D eigenvalue weighted by atomic mass is 10.1. The molecule has 0 amide bonds. The summed E-state index contributed by atoms with van der Waals surface area (Å²) in [6.45, 7) is 14.9. The minimum atomic E-state index is -0.686. The van der Waals surface area contributed by atoms with Crippen molar-refractivity contribution in [2.24, 2.45) is 0 Å². The smallest absolute Gasteiger partial charge is 0.324 e. The molecule has 182 valence electrons. The molecule has 9 nitrogen and oxygen atoms in total. The van der Waals surface area contributed by atoms with E-state index in [0.29, 0.717) is 46.2 Å². The Bertz CT molecular complexity index is 537. The van der Waals surface area contributed by atoms with Crippen LogP contribution < -0.4 is 5.32 Å². The van der Waals surface area contributed by atoms with Gasteiger partial charge in [0.25, 0.3) is 0 Å². The number of nitrogens with one attached hydrogen (secondary N) is 1. The Morgan fingerprint density at radius 1 is 0.742 bits per heavy atom. The van der Waals surface area contributed by atoms with Crippen LogP contribution >= 0.6 is 0 Å². The third kappa shape index (κ3) is 20.1. The second-order valence-electron chi connectivity index (χ2n) is 9.12. The van der Waals surface area contributed by atoms with Gasteiger partial charge in [0.2, 0.25) is 0 Å². The summed E-state index contributed by atoms with van der Waals surface area (Å²) in [6.07, 6.45) is 0.285. The number of rotatable bonds is 16. The van der Waals surface area contributed by atoms with Gasteiger partial charge in [-0.25, -0.2) is 0 Å². The number of esters is 2. The lowest BCUT2D eigenvalue weighted by Gasteiger charge is -2.24. The molecule has 0 aliphatic rings. The second kappa shape index (κ2) is 15.3. The van der Waals surface area contributed by atoms with E-state index in [1.807, 2.05) is 20.8 Å². The average Bonchev–Trinajstić information content (AvgIpc) is 2.58. The van der Waals surface area contributed by atoms with Crippen molar-refractivity contribution >= 4 is 17.7 Å². The van der Waals surface area contributed by atoms with E-state index in [-0.39, 0.29) is 24.6 Å². The summed E-state index contributed by atoms with van der Waals surface area (Å²) in [5.41, 5.74) is -1.10. The minimum absolute atomic E-state index is 0.0753. The molecular weight excluding hydrogens is 406 g/mol. The van der Waals surface area contributed by atoms with Crippen molar-refractivity contribution < 1.29 is 38.1 Å². The first-order chi connectivity index (χ1) is 14.3. The molecule has 0 bridgehead atoms. The topological polar surface area (TPSA) is 109 Å². The standard InChI is InChI=1S/C22H41NO8/c1-17(24)16-18(20(26)31-22(5,6)7)23-9-11-28-13-15-29-14-12-27-10-8-19(25)30-21(2,3)4/h18,23H,8-16H2,1-7H3. The van der Waals surface area contributed by atoms with Crippen LogP contribution in [-0.2, 0) is 38.1 Å². The Kier molecular flexibility index (Phi) is 14.5. The van der Waals surface area contributed by atoms with Crippen LogP contribution in [0.15, 0.2) is 0 Å². The quantitative estimate of drug-likeness (QED) is 0.281. The first kappa shape index (κ1) is 29.5. The maximum Gasteiger partial charge on any atom is 0.324 e. The molecule has 0 fully saturated rings. The summed E-state index contributed by atoms with van der Waals surface area (Å²) < 4.78 is 26.7. The number of hydrogen-bond acceptors (Lipinski definition) is 9. The molecule has 9 heteroatoms. The average molecular weight is 448 g/mol. The fraction of sp³-hybridized carbons (Fsp3) is 0.864. The van der Waals surface area contributed by atoms with Gasteiger partial charge in [0.15, 0.2) is 0 Å². The molecule has 31 heavy (non-hydrogen) atoms. The van der Waals surface area contributed by atoms with E-state index < -0.39 is 23.2 Å². The molecule has 0 aromatic rings.